The van der Waals surface area contributed by atoms with Gasteiger partial charge in [-0.2, -0.15) is 0 Å². The van der Waals surface area contributed by atoms with E-state index in [0.29, 0.717) is 0 Å². The molecule has 2 rings (SSSR count). The Balaban J connectivity index is 2.40. The first-order valence-corrected chi connectivity index (χ1v) is 8.95. The van der Waals surface area contributed by atoms with Crippen molar-refractivity contribution in [2.24, 2.45) is 0 Å². The standard InChI is InChI=1S/C16H19Br2NS/c1-16(2,3)14-8-7-13(20-14)15(19-4)11-6-5-10(17)9-12(11)18/h5-9,15,19H,1-4H3. The van der Waals surface area contributed by atoms with Crippen molar-refractivity contribution in [3.63, 3.8) is 0 Å². The number of hydrogen-bond acceptors (Lipinski definition) is 2. The Morgan fingerprint density at radius 3 is 2.30 bits per heavy atom. The second kappa shape index (κ2) is 6.30. The molecule has 4 heteroatoms. The van der Waals surface area contributed by atoms with Crippen molar-refractivity contribution in [1.82, 2.24) is 5.32 Å². The maximum Gasteiger partial charge on any atom is 0.0679 e. The summed E-state index contributed by atoms with van der Waals surface area (Å²) in [6.07, 6.45) is 0. The molecule has 0 radical (unpaired) electrons. The van der Waals surface area contributed by atoms with E-state index in [-0.39, 0.29) is 11.5 Å². The van der Waals surface area contributed by atoms with E-state index in [0.717, 1.165) is 8.95 Å². The van der Waals surface area contributed by atoms with Crippen molar-refractivity contribution in [1.29, 1.82) is 0 Å². The molecule has 1 heterocycles. The van der Waals surface area contributed by atoms with E-state index >= 15 is 0 Å². The number of nitrogens with one attached hydrogen (secondary N) is 1. The van der Waals surface area contributed by atoms with Gasteiger partial charge in [-0.15, -0.1) is 11.3 Å². The monoisotopic (exact) mass is 415 g/mol. The van der Waals surface area contributed by atoms with Crippen LogP contribution >= 0.6 is 43.2 Å². The molecule has 0 aliphatic heterocycles. The Morgan fingerprint density at radius 2 is 1.80 bits per heavy atom. The lowest BCUT2D eigenvalue weighted by molar-refractivity contribution is 0.604. The topological polar surface area (TPSA) is 12.0 Å². The van der Waals surface area contributed by atoms with Crippen LogP contribution in [-0.2, 0) is 5.41 Å². The van der Waals surface area contributed by atoms with Gasteiger partial charge in [0.05, 0.1) is 6.04 Å². The van der Waals surface area contributed by atoms with Crippen LogP contribution in [0.15, 0.2) is 39.3 Å². The van der Waals surface area contributed by atoms with Gasteiger partial charge in [-0.3, -0.25) is 0 Å². The van der Waals surface area contributed by atoms with Crippen molar-refractivity contribution in [2.45, 2.75) is 32.2 Å². The highest BCUT2D eigenvalue weighted by Crippen LogP contribution is 2.37. The average molecular weight is 417 g/mol. The summed E-state index contributed by atoms with van der Waals surface area (Å²) in [4.78, 5) is 2.77. The van der Waals surface area contributed by atoms with Crippen molar-refractivity contribution in [2.75, 3.05) is 7.05 Å². The van der Waals surface area contributed by atoms with E-state index < -0.39 is 0 Å². The molecule has 0 saturated carbocycles. The predicted octanol–water partition coefficient (Wildman–Crippen LogP) is 5.88. The Hall–Kier alpha value is -0.160. The van der Waals surface area contributed by atoms with Gasteiger partial charge < -0.3 is 5.32 Å². The molecular formula is C16H19Br2NS. The first-order valence-electron chi connectivity index (χ1n) is 6.55. The van der Waals surface area contributed by atoms with Gasteiger partial charge in [-0.05, 0) is 42.3 Å². The maximum absolute atomic E-state index is 3.67. The zero-order valence-electron chi connectivity index (χ0n) is 12.1. The number of halogens is 2. The van der Waals surface area contributed by atoms with E-state index in [9.17, 15) is 0 Å². The Bertz CT molecular complexity index is 599. The van der Waals surface area contributed by atoms with Gasteiger partial charge >= 0.3 is 0 Å². The largest absolute Gasteiger partial charge is 0.309 e. The second-order valence-electron chi connectivity index (χ2n) is 5.84. The Kier molecular flexibility index (Phi) is 5.11. The van der Waals surface area contributed by atoms with Gasteiger partial charge in [0.1, 0.15) is 0 Å². The molecule has 0 spiro atoms. The number of thiophene rings is 1. The molecule has 1 unspecified atom stereocenters. The minimum absolute atomic E-state index is 0.207. The molecule has 2 aromatic rings. The highest BCUT2D eigenvalue weighted by atomic mass is 79.9. The van der Waals surface area contributed by atoms with E-state index in [4.69, 9.17) is 0 Å². The lowest BCUT2D eigenvalue weighted by Gasteiger charge is -2.18. The van der Waals surface area contributed by atoms with E-state index in [2.05, 4.69) is 88.3 Å². The van der Waals surface area contributed by atoms with Crippen LogP contribution in [-0.4, -0.2) is 7.05 Å². The van der Waals surface area contributed by atoms with Gasteiger partial charge in [0.2, 0.25) is 0 Å². The minimum atomic E-state index is 0.207. The summed E-state index contributed by atoms with van der Waals surface area (Å²) in [5.74, 6) is 0. The Labute approximate surface area is 142 Å². The molecule has 0 amide bonds. The van der Waals surface area contributed by atoms with Crippen LogP contribution in [0.5, 0.6) is 0 Å². The SMILES string of the molecule is CNC(c1ccc(C(C)(C)C)s1)c1ccc(Br)cc1Br. The fourth-order valence-corrected chi connectivity index (χ4v) is 4.57. The molecule has 108 valence electrons. The summed E-state index contributed by atoms with van der Waals surface area (Å²) in [5.41, 5.74) is 1.47. The second-order valence-corrected chi connectivity index (χ2v) is 8.72. The van der Waals surface area contributed by atoms with Crippen molar-refractivity contribution in [3.05, 3.63) is 54.6 Å². The Morgan fingerprint density at radius 1 is 1.10 bits per heavy atom. The fraction of sp³-hybridized carbons (Fsp3) is 0.375. The first kappa shape index (κ1) is 16.2. The summed E-state index contributed by atoms with van der Waals surface area (Å²) < 4.78 is 2.21. The van der Waals surface area contributed by atoms with Gasteiger partial charge in [0.15, 0.2) is 0 Å². The lowest BCUT2D eigenvalue weighted by atomic mass is 9.95. The maximum atomic E-state index is 3.67. The van der Waals surface area contributed by atoms with Crippen LogP contribution < -0.4 is 5.32 Å². The van der Waals surface area contributed by atoms with Crippen LogP contribution in [0.3, 0.4) is 0 Å². The van der Waals surface area contributed by atoms with Crippen molar-refractivity contribution >= 4 is 43.2 Å². The molecule has 1 aromatic carbocycles. The van der Waals surface area contributed by atoms with Crippen LogP contribution in [0.1, 0.15) is 42.1 Å². The zero-order valence-corrected chi connectivity index (χ0v) is 16.1. The smallest absolute Gasteiger partial charge is 0.0679 e. The van der Waals surface area contributed by atoms with Gasteiger partial charge in [0, 0.05) is 18.7 Å². The molecule has 20 heavy (non-hydrogen) atoms. The molecule has 1 N–H and O–H groups in total. The van der Waals surface area contributed by atoms with E-state index in [1.54, 1.807) is 0 Å². The highest BCUT2D eigenvalue weighted by Gasteiger charge is 2.21. The summed E-state index contributed by atoms with van der Waals surface area (Å²) >= 11 is 9.06. The fourth-order valence-electron chi connectivity index (χ4n) is 2.10. The van der Waals surface area contributed by atoms with Gasteiger partial charge in [-0.25, -0.2) is 0 Å². The van der Waals surface area contributed by atoms with Gasteiger partial charge in [-0.1, -0.05) is 58.7 Å². The van der Waals surface area contributed by atoms with E-state index in [1.807, 2.05) is 18.4 Å². The molecule has 0 aliphatic carbocycles. The normalized spacial score (nSPS) is 13.5. The van der Waals surface area contributed by atoms with Crippen molar-refractivity contribution < 1.29 is 0 Å². The van der Waals surface area contributed by atoms with E-state index in [1.165, 1.54) is 15.3 Å². The third kappa shape index (κ3) is 3.53. The lowest BCUT2D eigenvalue weighted by Crippen LogP contribution is -2.17. The number of hydrogen-bond donors (Lipinski definition) is 1. The predicted molar refractivity (Wildman–Crippen MR) is 95.8 cm³/mol. The van der Waals surface area contributed by atoms with Gasteiger partial charge in [0.25, 0.3) is 0 Å². The van der Waals surface area contributed by atoms with Crippen LogP contribution in [0, 0.1) is 0 Å². The van der Waals surface area contributed by atoms with Crippen LogP contribution in [0.2, 0.25) is 0 Å². The summed E-state index contributed by atoms with van der Waals surface area (Å²) in [6, 6.07) is 11.0. The minimum Gasteiger partial charge on any atom is -0.309 e. The molecule has 1 nitrogen and oxygen atoms in total. The highest BCUT2D eigenvalue weighted by molar-refractivity contribution is 9.11. The molecule has 0 aliphatic rings. The molecule has 1 aromatic heterocycles. The third-order valence-electron chi connectivity index (χ3n) is 3.21. The average Bonchev–Trinajstić information content (AvgIpc) is 2.82. The molecular weight excluding hydrogens is 398 g/mol. The first-order chi connectivity index (χ1) is 9.32. The molecule has 0 fully saturated rings. The molecule has 0 bridgehead atoms. The third-order valence-corrected chi connectivity index (χ3v) is 5.97. The molecule has 1 atom stereocenters. The summed E-state index contributed by atoms with van der Waals surface area (Å²) in [5, 5.41) is 3.42. The quantitative estimate of drug-likeness (QED) is 0.658. The number of rotatable bonds is 3. The van der Waals surface area contributed by atoms with Crippen LogP contribution in [0.25, 0.3) is 0 Å². The van der Waals surface area contributed by atoms with Crippen LogP contribution in [0.4, 0.5) is 0 Å². The molecule has 0 saturated heterocycles. The van der Waals surface area contributed by atoms with Crippen molar-refractivity contribution in [3.8, 4) is 0 Å². The summed E-state index contributed by atoms with van der Waals surface area (Å²) in [6.45, 7) is 6.77. The number of benzene rings is 1. The summed E-state index contributed by atoms with van der Waals surface area (Å²) in [7, 11) is 2.01. The zero-order chi connectivity index (χ0) is 14.9.